The van der Waals surface area contributed by atoms with Crippen LogP contribution in [-0.2, 0) is 14.8 Å². The highest BCUT2D eigenvalue weighted by molar-refractivity contribution is 7.89. The van der Waals surface area contributed by atoms with Crippen molar-refractivity contribution in [3.8, 4) is 6.07 Å². The van der Waals surface area contributed by atoms with E-state index in [2.05, 4.69) is 11.6 Å². The van der Waals surface area contributed by atoms with Crippen LogP contribution in [0.2, 0.25) is 0 Å². The van der Waals surface area contributed by atoms with Gasteiger partial charge in [-0.15, -0.1) is 0 Å². The van der Waals surface area contributed by atoms with Gasteiger partial charge in [0.25, 0.3) is 0 Å². The first-order valence-corrected chi connectivity index (χ1v) is 7.66. The maximum atomic E-state index is 11.9. The number of nitrogens with one attached hydrogen (secondary N) is 1. The number of nitriles is 1. The number of hydrogen-bond donors (Lipinski definition) is 1. The maximum Gasteiger partial charge on any atom is 0.240 e. The van der Waals surface area contributed by atoms with Crippen LogP contribution in [0.4, 0.5) is 0 Å². The predicted octanol–water partition coefficient (Wildman–Crippen LogP) is 1.65. The molecular weight excluding hydrogens is 264 g/mol. The molecular formula is C13H18N2O3S. The number of sulfonamides is 1. The molecule has 5 nitrogen and oxygen atoms in total. The molecule has 0 atom stereocenters. The fraction of sp³-hybridized carbons (Fsp3) is 0.462. The molecule has 1 rings (SSSR count). The standard InChI is InChI=1S/C13H18N2O3S/c1-2-3-8-18-9-7-15-19(16,17)13-6-4-5-12(10-13)11-14/h4-6,10,15H,2-3,7-9H2,1H3. The summed E-state index contributed by atoms with van der Waals surface area (Å²) in [5.41, 5.74) is 0.321. The fourth-order valence-corrected chi connectivity index (χ4v) is 2.47. The van der Waals surface area contributed by atoms with Crippen molar-refractivity contribution in [3.63, 3.8) is 0 Å². The van der Waals surface area contributed by atoms with E-state index in [-0.39, 0.29) is 11.4 Å². The summed E-state index contributed by atoms with van der Waals surface area (Å²) < 4.78 is 31.5. The lowest BCUT2D eigenvalue weighted by atomic mass is 10.2. The third-order valence-corrected chi connectivity index (χ3v) is 3.91. The van der Waals surface area contributed by atoms with Crippen LogP contribution in [0.5, 0.6) is 0 Å². The van der Waals surface area contributed by atoms with Crippen molar-refractivity contribution < 1.29 is 13.2 Å². The van der Waals surface area contributed by atoms with Gasteiger partial charge in [0.1, 0.15) is 0 Å². The number of benzene rings is 1. The van der Waals surface area contributed by atoms with E-state index in [9.17, 15) is 8.42 Å². The first-order chi connectivity index (χ1) is 9.10. The topological polar surface area (TPSA) is 79.2 Å². The summed E-state index contributed by atoms with van der Waals surface area (Å²) in [6.45, 7) is 3.27. The zero-order chi connectivity index (χ0) is 14.1. The Bertz CT molecular complexity index is 535. The number of ether oxygens (including phenoxy) is 1. The molecule has 0 aliphatic carbocycles. The van der Waals surface area contributed by atoms with Gasteiger partial charge in [0.05, 0.1) is 23.1 Å². The average molecular weight is 282 g/mol. The Morgan fingerprint density at radius 3 is 2.84 bits per heavy atom. The quantitative estimate of drug-likeness (QED) is 0.735. The molecule has 0 aromatic heterocycles. The highest BCUT2D eigenvalue weighted by atomic mass is 32.2. The van der Waals surface area contributed by atoms with Crippen LogP contribution in [0.1, 0.15) is 25.3 Å². The molecule has 1 aromatic rings. The Hall–Kier alpha value is -1.42. The molecule has 0 spiro atoms. The van der Waals surface area contributed by atoms with Crippen molar-refractivity contribution in [2.75, 3.05) is 19.8 Å². The molecule has 0 amide bonds. The SMILES string of the molecule is CCCCOCCNS(=O)(=O)c1cccc(C#N)c1. The van der Waals surface area contributed by atoms with Gasteiger partial charge in [-0.1, -0.05) is 19.4 Å². The van der Waals surface area contributed by atoms with Crippen LogP contribution in [0, 0.1) is 11.3 Å². The minimum Gasteiger partial charge on any atom is -0.380 e. The van der Waals surface area contributed by atoms with E-state index < -0.39 is 10.0 Å². The van der Waals surface area contributed by atoms with Crippen molar-refractivity contribution >= 4 is 10.0 Å². The van der Waals surface area contributed by atoms with Crippen LogP contribution >= 0.6 is 0 Å². The lowest BCUT2D eigenvalue weighted by Gasteiger charge is -2.07. The van der Waals surface area contributed by atoms with Crippen molar-refractivity contribution in [2.24, 2.45) is 0 Å². The zero-order valence-electron chi connectivity index (χ0n) is 10.9. The van der Waals surface area contributed by atoms with E-state index in [4.69, 9.17) is 10.00 Å². The zero-order valence-corrected chi connectivity index (χ0v) is 11.7. The molecule has 0 fully saturated rings. The van der Waals surface area contributed by atoms with E-state index in [1.165, 1.54) is 12.1 Å². The summed E-state index contributed by atoms with van der Waals surface area (Å²) in [6.07, 6.45) is 2.02. The summed E-state index contributed by atoms with van der Waals surface area (Å²) >= 11 is 0. The van der Waals surface area contributed by atoms with Gasteiger partial charge in [-0.05, 0) is 24.6 Å². The number of nitrogens with zero attached hydrogens (tertiary/aromatic N) is 1. The third-order valence-electron chi connectivity index (χ3n) is 2.45. The first-order valence-electron chi connectivity index (χ1n) is 6.17. The monoisotopic (exact) mass is 282 g/mol. The average Bonchev–Trinajstić information content (AvgIpc) is 2.43. The second-order valence-corrected chi connectivity index (χ2v) is 5.77. The highest BCUT2D eigenvalue weighted by Crippen LogP contribution is 2.10. The van der Waals surface area contributed by atoms with E-state index in [0.717, 1.165) is 12.8 Å². The number of rotatable bonds is 8. The molecule has 1 aromatic carbocycles. The van der Waals surface area contributed by atoms with Gasteiger partial charge in [0.15, 0.2) is 0 Å². The molecule has 0 bridgehead atoms. The van der Waals surface area contributed by atoms with Gasteiger partial charge in [-0.2, -0.15) is 5.26 Å². The summed E-state index contributed by atoms with van der Waals surface area (Å²) in [7, 11) is -3.57. The second kappa shape index (κ2) is 7.89. The molecule has 0 radical (unpaired) electrons. The summed E-state index contributed by atoms with van der Waals surface area (Å²) in [5.74, 6) is 0. The van der Waals surface area contributed by atoms with Crippen LogP contribution in [0.15, 0.2) is 29.2 Å². The van der Waals surface area contributed by atoms with Crippen LogP contribution in [0.3, 0.4) is 0 Å². The van der Waals surface area contributed by atoms with Crippen molar-refractivity contribution in [2.45, 2.75) is 24.7 Å². The smallest absolute Gasteiger partial charge is 0.240 e. The first kappa shape index (κ1) is 15.6. The van der Waals surface area contributed by atoms with Gasteiger partial charge >= 0.3 is 0 Å². The molecule has 0 saturated heterocycles. The molecule has 19 heavy (non-hydrogen) atoms. The largest absolute Gasteiger partial charge is 0.380 e. The Morgan fingerprint density at radius 1 is 1.37 bits per heavy atom. The molecule has 0 aliphatic rings. The van der Waals surface area contributed by atoms with Crippen molar-refractivity contribution in [3.05, 3.63) is 29.8 Å². The Kier molecular flexibility index (Phi) is 6.50. The Balaban J connectivity index is 2.49. The predicted molar refractivity (Wildman–Crippen MR) is 72.1 cm³/mol. The molecule has 1 N–H and O–H groups in total. The molecule has 0 heterocycles. The second-order valence-electron chi connectivity index (χ2n) is 4.00. The third kappa shape index (κ3) is 5.39. The van der Waals surface area contributed by atoms with Crippen molar-refractivity contribution in [1.82, 2.24) is 4.72 Å². The minimum absolute atomic E-state index is 0.0973. The van der Waals surface area contributed by atoms with Crippen LogP contribution < -0.4 is 4.72 Å². The molecule has 0 unspecified atom stereocenters. The molecule has 0 aliphatic heterocycles. The highest BCUT2D eigenvalue weighted by Gasteiger charge is 2.13. The van der Waals surface area contributed by atoms with Gasteiger partial charge < -0.3 is 4.74 Å². The summed E-state index contributed by atoms with van der Waals surface area (Å²) in [6, 6.07) is 7.83. The lowest BCUT2D eigenvalue weighted by Crippen LogP contribution is -2.27. The fourth-order valence-electron chi connectivity index (χ4n) is 1.41. The van der Waals surface area contributed by atoms with Crippen LogP contribution in [-0.4, -0.2) is 28.2 Å². The van der Waals surface area contributed by atoms with E-state index >= 15 is 0 Å². The normalized spacial score (nSPS) is 11.2. The van der Waals surface area contributed by atoms with E-state index in [1.807, 2.05) is 6.07 Å². The summed E-state index contributed by atoms with van der Waals surface area (Å²) in [5, 5.41) is 8.74. The maximum absolute atomic E-state index is 11.9. The molecule has 6 heteroatoms. The van der Waals surface area contributed by atoms with Crippen molar-refractivity contribution in [1.29, 1.82) is 5.26 Å². The van der Waals surface area contributed by atoms with E-state index in [0.29, 0.717) is 18.8 Å². The number of hydrogen-bond acceptors (Lipinski definition) is 4. The van der Waals surface area contributed by atoms with Gasteiger partial charge in [-0.3, -0.25) is 0 Å². The Morgan fingerprint density at radius 2 is 2.16 bits per heavy atom. The Labute approximate surface area is 114 Å². The lowest BCUT2D eigenvalue weighted by molar-refractivity contribution is 0.136. The molecule has 0 saturated carbocycles. The minimum atomic E-state index is -3.57. The van der Waals surface area contributed by atoms with E-state index in [1.54, 1.807) is 12.1 Å². The van der Waals surface area contributed by atoms with Crippen LogP contribution in [0.25, 0.3) is 0 Å². The van der Waals surface area contributed by atoms with Gasteiger partial charge in [0, 0.05) is 13.2 Å². The van der Waals surface area contributed by atoms with Gasteiger partial charge in [0.2, 0.25) is 10.0 Å². The van der Waals surface area contributed by atoms with Gasteiger partial charge in [-0.25, -0.2) is 13.1 Å². The number of unbranched alkanes of at least 4 members (excludes halogenated alkanes) is 1. The molecule has 104 valence electrons. The summed E-state index contributed by atoms with van der Waals surface area (Å²) in [4.78, 5) is 0.0973.